The molecule has 2 aromatic carbocycles. The number of hydrogen-bond acceptors (Lipinski definition) is 3. The van der Waals surface area contributed by atoms with Crippen LogP contribution in [-0.4, -0.2) is 21.4 Å². The summed E-state index contributed by atoms with van der Waals surface area (Å²) < 4.78 is 35.2. The maximum Gasteiger partial charge on any atom is 0.169 e. The molecule has 4 nitrogen and oxygen atoms in total. The van der Waals surface area contributed by atoms with E-state index in [4.69, 9.17) is 16.3 Å². The SMILES string of the molecule is Cn1c(-c2c(F)cccc2F)nnc1-c1c(Cl)ccc2c1CCO2. The van der Waals surface area contributed by atoms with E-state index in [1.807, 2.05) is 6.07 Å². The number of halogens is 3. The second-order valence-electron chi connectivity index (χ2n) is 5.50. The highest BCUT2D eigenvalue weighted by atomic mass is 35.5. The molecule has 0 bridgehead atoms. The summed E-state index contributed by atoms with van der Waals surface area (Å²) in [4.78, 5) is 0. The van der Waals surface area contributed by atoms with E-state index in [0.29, 0.717) is 29.4 Å². The number of fused-ring (bicyclic) bond motifs is 1. The van der Waals surface area contributed by atoms with Crippen LogP contribution in [-0.2, 0) is 13.5 Å². The van der Waals surface area contributed by atoms with Crippen LogP contribution in [0, 0.1) is 11.6 Å². The minimum atomic E-state index is -0.690. The molecule has 3 aromatic rings. The smallest absolute Gasteiger partial charge is 0.169 e. The van der Waals surface area contributed by atoms with Crippen LogP contribution in [0.15, 0.2) is 30.3 Å². The van der Waals surface area contributed by atoms with Gasteiger partial charge in [0.05, 0.1) is 17.2 Å². The molecule has 4 rings (SSSR count). The van der Waals surface area contributed by atoms with E-state index in [1.54, 1.807) is 17.7 Å². The van der Waals surface area contributed by atoms with Gasteiger partial charge in [-0.1, -0.05) is 17.7 Å². The van der Waals surface area contributed by atoms with Gasteiger partial charge in [0.25, 0.3) is 0 Å². The van der Waals surface area contributed by atoms with E-state index in [2.05, 4.69) is 10.2 Å². The molecule has 1 aromatic heterocycles. The lowest BCUT2D eigenvalue weighted by molar-refractivity contribution is 0.357. The van der Waals surface area contributed by atoms with Crippen molar-refractivity contribution >= 4 is 11.6 Å². The molecule has 1 aliphatic rings. The highest BCUT2D eigenvalue weighted by Crippen LogP contribution is 2.40. The molecule has 0 aliphatic carbocycles. The zero-order valence-corrected chi connectivity index (χ0v) is 13.4. The maximum atomic E-state index is 14.1. The molecule has 0 saturated carbocycles. The summed E-state index contributed by atoms with van der Waals surface area (Å²) in [5.74, 6) is -0.0845. The van der Waals surface area contributed by atoms with Crippen molar-refractivity contribution in [1.29, 1.82) is 0 Å². The third kappa shape index (κ3) is 2.17. The van der Waals surface area contributed by atoms with Crippen molar-refractivity contribution in [2.75, 3.05) is 6.61 Å². The van der Waals surface area contributed by atoms with E-state index in [9.17, 15) is 8.78 Å². The Kier molecular flexibility index (Phi) is 3.49. The molecule has 1 aliphatic heterocycles. The van der Waals surface area contributed by atoms with Gasteiger partial charge < -0.3 is 9.30 Å². The van der Waals surface area contributed by atoms with Gasteiger partial charge in [-0.25, -0.2) is 8.78 Å². The minimum absolute atomic E-state index is 0.105. The van der Waals surface area contributed by atoms with E-state index in [0.717, 1.165) is 11.3 Å². The van der Waals surface area contributed by atoms with Crippen LogP contribution in [0.4, 0.5) is 8.78 Å². The van der Waals surface area contributed by atoms with Crippen LogP contribution in [0.1, 0.15) is 5.56 Å². The molecular formula is C17H12ClF2N3O. The number of nitrogens with zero attached hydrogens (tertiary/aromatic N) is 3. The first-order valence-electron chi connectivity index (χ1n) is 7.36. The van der Waals surface area contributed by atoms with Crippen molar-refractivity contribution in [2.45, 2.75) is 6.42 Å². The fourth-order valence-electron chi connectivity index (χ4n) is 2.96. The molecule has 0 N–H and O–H groups in total. The quantitative estimate of drug-likeness (QED) is 0.703. The van der Waals surface area contributed by atoms with Gasteiger partial charge in [-0.2, -0.15) is 0 Å². The number of benzene rings is 2. The van der Waals surface area contributed by atoms with Crippen LogP contribution in [0.2, 0.25) is 5.02 Å². The summed E-state index contributed by atoms with van der Waals surface area (Å²) in [5, 5.41) is 8.60. The molecule has 0 saturated heterocycles. The Morgan fingerprint density at radius 3 is 2.42 bits per heavy atom. The minimum Gasteiger partial charge on any atom is -0.493 e. The summed E-state index contributed by atoms with van der Waals surface area (Å²) in [6.07, 6.45) is 0.696. The van der Waals surface area contributed by atoms with Crippen LogP contribution in [0.25, 0.3) is 22.8 Å². The van der Waals surface area contributed by atoms with Gasteiger partial charge in [0.1, 0.15) is 17.4 Å². The number of rotatable bonds is 2. The van der Waals surface area contributed by atoms with Gasteiger partial charge in [0.2, 0.25) is 0 Å². The van der Waals surface area contributed by atoms with E-state index in [-0.39, 0.29) is 11.4 Å². The first-order chi connectivity index (χ1) is 11.6. The van der Waals surface area contributed by atoms with Crippen LogP contribution in [0.5, 0.6) is 5.75 Å². The second kappa shape index (κ2) is 5.56. The lowest BCUT2D eigenvalue weighted by Gasteiger charge is -2.10. The van der Waals surface area contributed by atoms with Crippen LogP contribution in [0.3, 0.4) is 0 Å². The fraction of sp³-hybridized carbons (Fsp3) is 0.176. The Balaban J connectivity index is 1.93. The summed E-state index contributed by atoms with van der Waals surface area (Å²) in [6, 6.07) is 7.21. The Bertz CT molecular complexity index is 935. The molecule has 0 atom stereocenters. The van der Waals surface area contributed by atoms with Gasteiger partial charge >= 0.3 is 0 Å². The van der Waals surface area contributed by atoms with Crippen molar-refractivity contribution in [1.82, 2.24) is 14.8 Å². The van der Waals surface area contributed by atoms with Crippen LogP contribution >= 0.6 is 11.6 Å². The van der Waals surface area contributed by atoms with Crippen molar-refractivity contribution in [3.63, 3.8) is 0 Å². The normalized spacial score (nSPS) is 13.0. The lowest BCUT2D eigenvalue weighted by Crippen LogP contribution is -2.01. The molecule has 7 heteroatoms. The molecule has 0 fully saturated rings. The fourth-order valence-corrected chi connectivity index (χ4v) is 3.23. The van der Waals surface area contributed by atoms with Gasteiger partial charge in [-0.05, 0) is 24.3 Å². The summed E-state index contributed by atoms with van der Waals surface area (Å²) >= 11 is 6.35. The first kappa shape index (κ1) is 15.1. The molecule has 122 valence electrons. The van der Waals surface area contributed by atoms with E-state index in [1.165, 1.54) is 18.2 Å². The number of hydrogen-bond donors (Lipinski definition) is 0. The number of aromatic nitrogens is 3. The Hall–Kier alpha value is -2.47. The molecular weight excluding hydrogens is 336 g/mol. The lowest BCUT2D eigenvalue weighted by atomic mass is 10.0. The Labute approximate surface area is 141 Å². The third-order valence-corrected chi connectivity index (χ3v) is 4.43. The average Bonchev–Trinajstić information content (AvgIpc) is 3.15. The van der Waals surface area contributed by atoms with Gasteiger partial charge in [-0.3, -0.25) is 0 Å². The third-order valence-electron chi connectivity index (χ3n) is 4.11. The zero-order valence-electron chi connectivity index (χ0n) is 12.7. The predicted octanol–water partition coefficient (Wildman–Crippen LogP) is 4.02. The highest BCUT2D eigenvalue weighted by Gasteiger charge is 2.25. The van der Waals surface area contributed by atoms with Crippen LogP contribution < -0.4 is 4.74 Å². The Morgan fingerprint density at radius 1 is 1.04 bits per heavy atom. The maximum absolute atomic E-state index is 14.1. The molecule has 24 heavy (non-hydrogen) atoms. The highest BCUT2D eigenvalue weighted by molar-refractivity contribution is 6.33. The molecule has 0 spiro atoms. The molecule has 2 heterocycles. The molecule has 0 amide bonds. The van der Waals surface area contributed by atoms with Gasteiger partial charge in [0, 0.05) is 24.6 Å². The zero-order chi connectivity index (χ0) is 16.8. The van der Waals surface area contributed by atoms with E-state index < -0.39 is 11.6 Å². The largest absolute Gasteiger partial charge is 0.493 e. The van der Waals surface area contributed by atoms with Gasteiger partial charge in [0.15, 0.2) is 11.6 Å². The summed E-state index contributed by atoms with van der Waals surface area (Å²) in [7, 11) is 1.65. The summed E-state index contributed by atoms with van der Waals surface area (Å²) in [6.45, 7) is 0.565. The molecule has 0 unspecified atom stereocenters. The number of ether oxygens (including phenoxy) is 1. The second-order valence-corrected chi connectivity index (χ2v) is 5.91. The first-order valence-corrected chi connectivity index (χ1v) is 7.74. The standard InChI is InChI=1S/C17H12ClF2N3O/c1-23-16(14-9-7-8-24-13(9)6-5-10(14)18)21-22-17(23)15-11(19)3-2-4-12(15)20/h2-6H,7-8H2,1H3. The monoisotopic (exact) mass is 347 g/mol. The average molecular weight is 348 g/mol. The summed E-state index contributed by atoms with van der Waals surface area (Å²) in [5.41, 5.74) is 1.40. The van der Waals surface area contributed by atoms with Crippen molar-refractivity contribution in [3.05, 3.63) is 52.6 Å². The van der Waals surface area contributed by atoms with Crippen molar-refractivity contribution in [3.8, 4) is 28.5 Å². The predicted molar refractivity (Wildman–Crippen MR) is 86.0 cm³/mol. The molecule has 0 radical (unpaired) electrons. The van der Waals surface area contributed by atoms with Crippen molar-refractivity contribution < 1.29 is 13.5 Å². The Morgan fingerprint density at radius 2 is 1.71 bits per heavy atom. The van der Waals surface area contributed by atoms with E-state index >= 15 is 0 Å². The van der Waals surface area contributed by atoms with Crippen molar-refractivity contribution in [2.24, 2.45) is 7.05 Å². The topological polar surface area (TPSA) is 39.9 Å². The van der Waals surface area contributed by atoms with Gasteiger partial charge in [-0.15, -0.1) is 10.2 Å².